The zero-order chi connectivity index (χ0) is 28.0. The Hall–Kier alpha value is -3.95. The molecule has 1 saturated carbocycles. The molecule has 1 amide bonds. The first kappa shape index (κ1) is 28.1. The number of nitrogens with one attached hydrogen (secondary N) is 2. The quantitative estimate of drug-likeness (QED) is 0.141. The molecule has 204 valence electrons. The second-order valence-electron chi connectivity index (χ2n) is 9.37. The number of allylic oxidation sites excluding steroid dienone is 2. The van der Waals surface area contributed by atoms with Gasteiger partial charge >= 0.3 is 6.18 Å². The molecule has 3 aromatic carbocycles. The van der Waals surface area contributed by atoms with Crippen molar-refractivity contribution in [3.05, 3.63) is 119 Å². The van der Waals surface area contributed by atoms with Crippen LogP contribution in [0.5, 0.6) is 0 Å². The highest BCUT2D eigenvalue weighted by Gasteiger charge is 2.31. The average Bonchev–Trinajstić information content (AvgIpc) is 3.75. The van der Waals surface area contributed by atoms with Gasteiger partial charge in [-0.25, -0.2) is 4.39 Å². The van der Waals surface area contributed by atoms with Crippen molar-refractivity contribution in [2.24, 2.45) is 11.7 Å². The van der Waals surface area contributed by atoms with Gasteiger partial charge in [-0.2, -0.15) is 13.2 Å². The van der Waals surface area contributed by atoms with E-state index in [2.05, 4.69) is 17.2 Å². The van der Waals surface area contributed by atoms with Gasteiger partial charge in [-0.3, -0.25) is 4.79 Å². The number of carbonyl (C=O) groups excluding carboxylic acids is 1. The van der Waals surface area contributed by atoms with E-state index in [1.54, 1.807) is 30.3 Å². The molecule has 39 heavy (non-hydrogen) atoms. The van der Waals surface area contributed by atoms with Crippen LogP contribution in [0, 0.1) is 11.7 Å². The lowest BCUT2D eigenvalue weighted by molar-refractivity contribution is -0.112. The topological polar surface area (TPSA) is 76.4 Å². The fourth-order valence-electron chi connectivity index (χ4n) is 3.87. The Morgan fingerprint density at radius 2 is 1.77 bits per heavy atom. The molecule has 1 atom stereocenters. The number of amides is 1. The van der Waals surface area contributed by atoms with Gasteiger partial charge in [0.05, 0.1) is 17.9 Å². The Morgan fingerprint density at radius 3 is 2.44 bits per heavy atom. The number of halogens is 4. The Labute approximate surface area is 224 Å². The van der Waals surface area contributed by atoms with Crippen molar-refractivity contribution >= 4 is 17.3 Å². The minimum absolute atomic E-state index is 0.194. The monoisotopic (exact) mass is 539 g/mol. The summed E-state index contributed by atoms with van der Waals surface area (Å²) in [6, 6.07) is 20.1. The number of hydrogen-bond acceptors (Lipinski definition) is 4. The summed E-state index contributed by atoms with van der Waals surface area (Å²) in [5.41, 5.74) is 6.21. The van der Waals surface area contributed by atoms with Crippen molar-refractivity contribution in [2.45, 2.75) is 31.7 Å². The molecule has 0 bridgehead atoms. The first-order valence-corrected chi connectivity index (χ1v) is 12.4. The molecule has 1 aliphatic carbocycles. The minimum Gasteiger partial charge on any atom is -0.368 e. The van der Waals surface area contributed by atoms with Crippen molar-refractivity contribution in [2.75, 3.05) is 17.2 Å². The van der Waals surface area contributed by atoms with Crippen LogP contribution in [-0.4, -0.2) is 18.7 Å². The molecular formula is C30H29F4N3O2. The molecular weight excluding hydrogens is 510 g/mol. The molecule has 3 aromatic rings. The number of rotatable bonds is 11. The summed E-state index contributed by atoms with van der Waals surface area (Å²) in [5, 5.41) is 5.09. The largest absolute Gasteiger partial charge is 0.415 e. The molecule has 0 aromatic heterocycles. The van der Waals surface area contributed by atoms with Gasteiger partial charge in [0.1, 0.15) is 17.6 Å². The third-order valence-corrected chi connectivity index (χ3v) is 6.21. The van der Waals surface area contributed by atoms with E-state index in [-0.39, 0.29) is 12.2 Å². The summed E-state index contributed by atoms with van der Waals surface area (Å²) in [6.07, 6.45) is -2.52. The third kappa shape index (κ3) is 7.78. The van der Waals surface area contributed by atoms with Crippen LogP contribution in [0.3, 0.4) is 0 Å². The van der Waals surface area contributed by atoms with Gasteiger partial charge in [0.2, 0.25) is 0 Å². The maximum absolute atomic E-state index is 14.9. The SMILES string of the molecule is C=C(/C=C(\Nc1cccc(CN)c1)C(=O)Nc1cc(C(OCC2CC2)c2ccccc2)ccc1F)C(F)(F)F. The summed E-state index contributed by atoms with van der Waals surface area (Å²) < 4.78 is 60.8. The first-order valence-electron chi connectivity index (χ1n) is 12.4. The second kappa shape index (κ2) is 12.3. The van der Waals surface area contributed by atoms with Crippen LogP contribution in [0.15, 0.2) is 96.7 Å². The van der Waals surface area contributed by atoms with E-state index >= 15 is 0 Å². The van der Waals surface area contributed by atoms with E-state index in [4.69, 9.17) is 10.5 Å². The Balaban J connectivity index is 1.63. The van der Waals surface area contributed by atoms with Crippen LogP contribution in [-0.2, 0) is 16.1 Å². The van der Waals surface area contributed by atoms with Crippen molar-refractivity contribution in [3.63, 3.8) is 0 Å². The normalized spacial score (nSPS) is 14.5. The third-order valence-electron chi connectivity index (χ3n) is 6.21. The van der Waals surface area contributed by atoms with Crippen LogP contribution in [0.25, 0.3) is 0 Å². The maximum atomic E-state index is 14.9. The summed E-state index contributed by atoms with van der Waals surface area (Å²) in [7, 11) is 0. The Morgan fingerprint density at radius 1 is 1.03 bits per heavy atom. The van der Waals surface area contributed by atoms with Gasteiger partial charge < -0.3 is 21.1 Å². The van der Waals surface area contributed by atoms with Crippen LogP contribution < -0.4 is 16.4 Å². The average molecular weight is 540 g/mol. The molecule has 0 aliphatic heterocycles. The van der Waals surface area contributed by atoms with E-state index < -0.39 is 35.3 Å². The van der Waals surface area contributed by atoms with Crippen LogP contribution in [0.4, 0.5) is 28.9 Å². The Kier molecular flexibility index (Phi) is 8.83. The predicted molar refractivity (Wildman–Crippen MR) is 143 cm³/mol. The molecule has 4 N–H and O–H groups in total. The molecule has 0 spiro atoms. The van der Waals surface area contributed by atoms with Crippen LogP contribution in [0.2, 0.25) is 0 Å². The van der Waals surface area contributed by atoms with E-state index in [1.807, 2.05) is 30.3 Å². The number of alkyl halides is 3. The highest BCUT2D eigenvalue weighted by atomic mass is 19.4. The predicted octanol–water partition coefficient (Wildman–Crippen LogP) is 6.85. The number of ether oxygens (including phenoxy) is 1. The first-order chi connectivity index (χ1) is 18.6. The number of hydrogen-bond donors (Lipinski definition) is 3. The molecule has 5 nitrogen and oxygen atoms in total. The smallest absolute Gasteiger partial charge is 0.368 e. The molecule has 1 unspecified atom stereocenters. The van der Waals surface area contributed by atoms with E-state index in [0.717, 1.165) is 18.4 Å². The summed E-state index contributed by atoms with van der Waals surface area (Å²) >= 11 is 0. The van der Waals surface area contributed by atoms with Crippen molar-refractivity contribution in [3.8, 4) is 0 Å². The minimum atomic E-state index is -4.76. The van der Waals surface area contributed by atoms with Crippen LogP contribution >= 0.6 is 0 Å². The summed E-state index contributed by atoms with van der Waals surface area (Å²) in [5.74, 6) is -1.25. The van der Waals surface area contributed by atoms with Crippen molar-refractivity contribution in [1.82, 2.24) is 0 Å². The van der Waals surface area contributed by atoms with Gasteiger partial charge in [-0.15, -0.1) is 0 Å². The van der Waals surface area contributed by atoms with E-state index in [1.165, 1.54) is 12.1 Å². The molecule has 4 rings (SSSR count). The number of benzene rings is 3. The standard InChI is InChI=1S/C30H29F4N3O2/c1-19(30(32,33)34)14-27(36-24-9-5-6-21(15-24)17-35)29(38)37-26-16-23(12-13-25(26)31)28(39-18-20-10-11-20)22-7-3-2-4-8-22/h2-9,12-16,20,28,36H,1,10-11,17-18,35H2,(H,37,38)/b27-14-. The molecule has 0 heterocycles. The lowest BCUT2D eigenvalue weighted by Gasteiger charge is -2.20. The molecule has 1 fully saturated rings. The molecule has 9 heteroatoms. The lowest BCUT2D eigenvalue weighted by atomic mass is 10.0. The van der Waals surface area contributed by atoms with Crippen molar-refractivity contribution < 1.29 is 27.1 Å². The highest BCUT2D eigenvalue weighted by Crippen LogP contribution is 2.35. The fraction of sp³-hybridized carbons (Fsp3) is 0.233. The fourth-order valence-corrected chi connectivity index (χ4v) is 3.87. The van der Waals surface area contributed by atoms with E-state index in [0.29, 0.717) is 35.4 Å². The molecule has 0 saturated heterocycles. The highest BCUT2D eigenvalue weighted by molar-refractivity contribution is 6.06. The second-order valence-corrected chi connectivity index (χ2v) is 9.37. The Bertz CT molecular complexity index is 1350. The number of anilines is 2. The van der Waals surface area contributed by atoms with Gasteiger partial charge in [-0.05, 0) is 65.8 Å². The van der Waals surface area contributed by atoms with Crippen LogP contribution in [0.1, 0.15) is 35.6 Å². The molecule has 0 radical (unpaired) electrons. The van der Waals surface area contributed by atoms with Gasteiger partial charge in [0.25, 0.3) is 5.91 Å². The lowest BCUT2D eigenvalue weighted by Crippen LogP contribution is -2.22. The summed E-state index contributed by atoms with van der Waals surface area (Å²) in [4.78, 5) is 13.2. The summed E-state index contributed by atoms with van der Waals surface area (Å²) in [6.45, 7) is 3.76. The number of carbonyl (C=O) groups is 1. The molecule has 1 aliphatic rings. The number of nitrogens with two attached hydrogens (primary N) is 1. The van der Waals surface area contributed by atoms with Gasteiger partial charge in [-0.1, -0.05) is 55.1 Å². The van der Waals surface area contributed by atoms with Crippen molar-refractivity contribution in [1.29, 1.82) is 0 Å². The zero-order valence-electron chi connectivity index (χ0n) is 21.1. The zero-order valence-corrected chi connectivity index (χ0v) is 21.1. The van der Waals surface area contributed by atoms with Gasteiger partial charge in [0, 0.05) is 12.2 Å². The maximum Gasteiger partial charge on any atom is 0.415 e. The van der Waals surface area contributed by atoms with Gasteiger partial charge in [0.15, 0.2) is 0 Å². The van der Waals surface area contributed by atoms with E-state index in [9.17, 15) is 22.4 Å².